The Morgan fingerprint density at radius 2 is 1.78 bits per heavy atom. The quantitative estimate of drug-likeness (QED) is 0.839. The predicted molar refractivity (Wildman–Crippen MR) is 72.9 cm³/mol. The van der Waals surface area contributed by atoms with Crippen molar-refractivity contribution in [1.82, 2.24) is 0 Å². The molecule has 0 heterocycles. The highest BCUT2D eigenvalue weighted by Gasteiger charge is 2.04. The third-order valence-electron chi connectivity index (χ3n) is 2.78. The normalized spacial score (nSPS) is 10.1. The molecule has 18 heavy (non-hydrogen) atoms. The van der Waals surface area contributed by atoms with Crippen LogP contribution in [0.2, 0.25) is 0 Å². The van der Waals surface area contributed by atoms with Crippen LogP contribution in [0.5, 0.6) is 11.5 Å². The number of aryl methyl sites for hydroxylation is 1. The van der Waals surface area contributed by atoms with Gasteiger partial charge in [0.1, 0.15) is 18.1 Å². The van der Waals surface area contributed by atoms with E-state index in [0.29, 0.717) is 12.3 Å². The molecular formula is C15H17NO2. The maximum Gasteiger partial charge on any atom is 0.145 e. The van der Waals surface area contributed by atoms with E-state index in [4.69, 9.17) is 15.2 Å². The Labute approximate surface area is 107 Å². The summed E-state index contributed by atoms with van der Waals surface area (Å²) in [6.07, 6.45) is 0. The molecule has 0 unspecified atom stereocenters. The van der Waals surface area contributed by atoms with Crippen LogP contribution in [0.15, 0.2) is 42.5 Å². The first kappa shape index (κ1) is 12.3. The van der Waals surface area contributed by atoms with Gasteiger partial charge in [-0.2, -0.15) is 0 Å². The number of hydrogen-bond donors (Lipinski definition) is 1. The highest BCUT2D eigenvalue weighted by Crippen LogP contribution is 2.26. The van der Waals surface area contributed by atoms with Gasteiger partial charge in [-0.05, 0) is 36.2 Å². The van der Waals surface area contributed by atoms with E-state index in [-0.39, 0.29) is 0 Å². The Hall–Kier alpha value is -2.16. The lowest BCUT2D eigenvalue weighted by molar-refractivity contribution is 0.305. The van der Waals surface area contributed by atoms with Crippen LogP contribution in [0.3, 0.4) is 0 Å². The lowest BCUT2D eigenvalue weighted by Crippen LogP contribution is -2.00. The number of para-hydroxylation sites is 1. The van der Waals surface area contributed by atoms with Gasteiger partial charge in [0, 0.05) is 0 Å². The van der Waals surface area contributed by atoms with Crippen LogP contribution in [-0.2, 0) is 6.61 Å². The Balaban J connectivity index is 2.06. The summed E-state index contributed by atoms with van der Waals surface area (Å²) in [5, 5.41) is 0. The number of rotatable bonds is 4. The predicted octanol–water partition coefficient (Wildman–Crippen LogP) is 3.16. The van der Waals surface area contributed by atoms with Crippen molar-refractivity contribution in [2.24, 2.45) is 0 Å². The molecule has 0 fully saturated rings. The fraction of sp³-hybridized carbons (Fsp3) is 0.200. The second-order valence-corrected chi connectivity index (χ2v) is 4.13. The van der Waals surface area contributed by atoms with E-state index in [9.17, 15) is 0 Å². The molecule has 3 nitrogen and oxygen atoms in total. The molecular weight excluding hydrogens is 226 g/mol. The summed E-state index contributed by atoms with van der Waals surface area (Å²) < 4.78 is 10.9. The Morgan fingerprint density at radius 3 is 2.39 bits per heavy atom. The molecule has 0 aliphatic heterocycles. The highest BCUT2D eigenvalue weighted by molar-refractivity contribution is 5.56. The van der Waals surface area contributed by atoms with Gasteiger partial charge in [0.15, 0.2) is 0 Å². The zero-order chi connectivity index (χ0) is 13.0. The van der Waals surface area contributed by atoms with Gasteiger partial charge in [0.05, 0.1) is 12.8 Å². The van der Waals surface area contributed by atoms with Crippen molar-refractivity contribution in [3.05, 3.63) is 53.6 Å². The molecule has 0 aliphatic rings. The number of anilines is 1. The first-order valence-corrected chi connectivity index (χ1v) is 5.81. The van der Waals surface area contributed by atoms with E-state index in [2.05, 4.69) is 0 Å². The Morgan fingerprint density at radius 1 is 1.06 bits per heavy atom. The summed E-state index contributed by atoms with van der Waals surface area (Å²) in [7, 11) is 1.65. The fourth-order valence-corrected chi connectivity index (χ4v) is 1.75. The monoisotopic (exact) mass is 243 g/mol. The molecule has 0 atom stereocenters. The molecule has 2 N–H and O–H groups in total. The molecule has 0 bridgehead atoms. The second kappa shape index (κ2) is 5.45. The van der Waals surface area contributed by atoms with Gasteiger partial charge in [-0.15, -0.1) is 0 Å². The summed E-state index contributed by atoms with van der Waals surface area (Å²) >= 11 is 0. The maximum atomic E-state index is 5.89. The average Bonchev–Trinajstić information content (AvgIpc) is 2.39. The molecule has 0 aromatic heterocycles. The van der Waals surface area contributed by atoms with E-state index in [0.717, 1.165) is 22.6 Å². The SMILES string of the molecule is COc1ccc(COc2c(C)cccc2N)cc1. The summed E-state index contributed by atoms with van der Waals surface area (Å²) in [5.74, 6) is 1.60. The van der Waals surface area contributed by atoms with Gasteiger partial charge < -0.3 is 15.2 Å². The fourth-order valence-electron chi connectivity index (χ4n) is 1.75. The minimum Gasteiger partial charge on any atom is -0.497 e. The zero-order valence-electron chi connectivity index (χ0n) is 10.6. The van der Waals surface area contributed by atoms with Gasteiger partial charge in [-0.1, -0.05) is 24.3 Å². The molecule has 2 aromatic rings. The Kier molecular flexibility index (Phi) is 3.72. The molecule has 0 aliphatic carbocycles. The molecule has 0 spiro atoms. The standard InChI is InChI=1S/C15H17NO2/c1-11-4-3-5-14(16)15(11)18-10-12-6-8-13(17-2)9-7-12/h3-9H,10,16H2,1-2H3. The summed E-state index contributed by atoms with van der Waals surface area (Å²) in [4.78, 5) is 0. The second-order valence-electron chi connectivity index (χ2n) is 4.13. The minimum atomic E-state index is 0.499. The van der Waals surface area contributed by atoms with Crippen molar-refractivity contribution in [3.63, 3.8) is 0 Å². The van der Waals surface area contributed by atoms with Crippen LogP contribution >= 0.6 is 0 Å². The van der Waals surface area contributed by atoms with E-state index in [1.54, 1.807) is 7.11 Å². The van der Waals surface area contributed by atoms with Gasteiger partial charge in [0.25, 0.3) is 0 Å². The number of benzene rings is 2. The minimum absolute atomic E-state index is 0.499. The smallest absolute Gasteiger partial charge is 0.145 e. The molecule has 2 aromatic carbocycles. The topological polar surface area (TPSA) is 44.5 Å². The van der Waals surface area contributed by atoms with Crippen molar-refractivity contribution < 1.29 is 9.47 Å². The lowest BCUT2D eigenvalue weighted by atomic mass is 10.2. The summed E-state index contributed by atoms with van der Waals surface area (Å²) in [5.41, 5.74) is 8.68. The van der Waals surface area contributed by atoms with E-state index in [1.807, 2.05) is 49.4 Å². The number of ether oxygens (including phenoxy) is 2. The number of nitrogen functional groups attached to an aromatic ring is 1. The van der Waals surface area contributed by atoms with Crippen LogP contribution in [0.4, 0.5) is 5.69 Å². The van der Waals surface area contributed by atoms with E-state index in [1.165, 1.54) is 0 Å². The molecule has 3 heteroatoms. The average molecular weight is 243 g/mol. The molecule has 2 rings (SSSR count). The lowest BCUT2D eigenvalue weighted by Gasteiger charge is -2.11. The van der Waals surface area contributed by atoms with Crippen molar-refractivity contribution in [2.75, 3.05) is 12.8 Å². The third-order valence-corrected chi connectivity index (χ3v) is 2.78. The molecule has 94 valence electrons. The molecule has 0 saturated carbocycles. The van der Waals surface area contributed by atoms with E-state index >= 15 is 0 Å². The zero-order valence-corrected chi connectivity index (χ0v) is 10.6. The van der Waals surface area contributed by atoms with Crippen LogP contribution in [0.25, 0.3) is 0 Å². The highest BCUT2D eigenvalue weighted by atomic mass is 16.5. The van der Waals surface area contributed by atoms with Gasteiger partial charge >= 0.3 is 0 Å². The maximum absolute atomic E-state index is 5.89. The number of methoxy groups -OCH3 is 1. The number of nitrogens with two attached hydrogens (primary N) is 1. The summed E-state index contributed by atoms with van der Waals surface area (Å²) in [6.45, 7) is 2.48. The molecule has 0 amide bonds. The molecule has 0 radical (unpaired) electrons. The molecule has 0 saturated heterocycles. The Bertz CT molecular complexity index is 500. The van der Waals surface area contributed by atoms with Crippen molar-refractivity contribution in [3.8, 4) is 11.5 Å². The van der Waals surface area contributed by atoms with E-state index < -0.39 is 0 Å². The van der Waals surface area contributed by atoms with Crippen LogP contribution in [0.1, 0.15) is 11.1 Å². The van der Waals surface area contributed by atoms with Gasteiger partial charge in [-0.3, -0.25) is 0 Å². The number of hydrogen-bond acceptors (Lipinski definition) is 3. The van der Waals surface area contributed by atoms with Gasteiger partial charge in [-0.25, -0.2) is 0 Å². The van der Waals surface area contributed by atoms with Crippen LogP contribution in [0, 0.1) is 6.92 Å². The van der Waals surface area contributed by atoms with Crippen LogP contribution in [-0.4, -0.2) is 7.11 Å². The third kappa shape index (κ3) is 2.74. The first-order chi connectivity index (χ1) is 8.70. The van der Waals surface area contributed by atoms with Crippen molar-refractivity contribution in [2.45, 2.75) is 13.5 Å². The van der Waals surface area contributed by atoms with Gasteiger partial charge in [0.2, 0.25) is 0 Å². The first-order valence-electron chi connectivity index (χ1n) is 5.81. The van der Waals surface area contributed by atoms with Crippen molar-refractivity contribution in [1.29, 1.82) is 0 Å². The summed E-state index contributed by atoms with van der Waals surface area (Å²) in [6, 6.07) is 13.5. The largest absolute Gasteiger partial charge is 0.497 e. The van der Waals surface area contributed by atoms with Crippen LogP contribution < -0.4 is 15.2 Å². The van der Waals surface area contributed by atoms with Crippen molar-refractivity contribution >= 4 is 5.69 Å².